The summed E-state index contributed by atoms with van der Waals surface area (Å²) in [5.74, 6) is 0. The number of nitrogens with two attached hydrogens (primary N) is 1. The molecule has 0 amide bonds. The molecule has 0 spiro atoms. The Balaban J connectivity index is 2.01. The van der Waals surface area contributed by atoms with Crippen LogP contribution in [0.1, 0.15) is 29.8 Å². The first kappa shape index (κ1) is 13.6. The molecule has 1 atom stereocenters. The second-order valence-electron chi connectivity index (χ2n) is 4.19. The molecule has 1 unspecified atom stereocenters. The summed E-state index contributed by atoms with van der Waals surface area (Å²) in [5, 5.41) is 5.60. The van der Waals surface area contributed by atoms with Crippen molar-refractivity contribution in [1.82, 2.24) is 5.32 Å². The first-order chi connectivity index (χ1) is 8.70. The van der Waals surface area contributed by atoms with E-state index < -0.39 is 0 Å². The highest BCUT2D eigenvalue weighted by molar-refractivity contribution is 9.10. The van der Waals surface area contributed by atoms with Crippen molar-refractivity contribution in [3.05, 3.63) is 50.6 Å². The lowest BCUT2D eigenvalue weighted by Crippen LogP contribution is -2.20. The molecular weight excluding hydrogens is 308 g/mol. The number of hydrogen-bond donors (Lipinski definition) is 2. The fourth-order valence-electron chi connectivity index (χ4n) is 1.90. The Morgan fingerprint density at radius 1 is 1.28 bits per heavy atom. The van der Waals surface area contributed by atoms with Crippen LogP contribution in [0, 0.1) is 0 Å². The molecule has 2 rings (SSSR count). The lowest BCUT2D eigenvalue weighted by molar-refractivity contribution is 0.522. The highest BCUT2D eigenvalue weighted by Crippen LogP contribution is 2.23. The summed E-state index contributed by atoms with van der Waals surface area (Å²) in [4.78, 5) is 1.21. The number of hydrogen-bond acceptors (Lipinski definition) is 3. The van der Waals surface area contributed by atoms with Gasteiger partial charge in [0.15, 0.2) is 0 Å². The van der Waals surface area contributed by atoms with E-state index in [-0.39, 0.29) is 0 Å². The van der Waals surface area contributed by atoms with Crippen molar-refractivity contribution >= 4 is 33.0 Å². The van der Waals surface area contributed by atoms with Crippen molar-refractivity contribution in [2.45, 2.75) is 25.9 Å². The van der Waals surface area contributed by atoms with Gasteiger partial charge in [0.2, 0.25) is 0 Å². The van der Waals surface area contributed by atoms with E-state index in [1.54, 1.807) is 11.3 Å². The molecule has 2 aromatic rings. The van der Waals surface area contributed by atoms with Gasteiger partial charge in [0.1, 0.15) is 0 Å². The van der Waals surface area contributed by atoms with E-state index in [0.717, 1.165) is 23.1 Å². The Morgan fingerprint density at radius 2 is 2.00 bits per heavy atom. The number of nitrogen functional groups attached to an aromatic ring is 1. The summed E-state index contributed by atoms with van der Waals surface area (Å²) in [6.07, 6.45) is 1.06. The molecule has 0 aliphatic heterocycles. The third-order valence-electron chi connectivity index (χ3n) is 2.97. The number of nitrogens with one attached hydrogen (secondary N) is 1. The third kappa shape index (κ3) is 3.34. The fraction of sp³-hybridized carbons (Fsp3) is 0.286. The molecule has 1 aromatic heterocycles. The van der Waals surface area contributed by atoms with Crippen LogP contribution in [-0.2, 0) is 6.54 Å². The Kier molecular flexibility index (Phi) is 4.80. The maximum Gasteiger partial charge on any atom is 0.0468 e. The van der Waals surface area contributed by atoms with Crippen LogP contribution >= 0.6 is 27.3 Å². The minimum Gasteiger partial charge on any atom is -0.398 e. The molecule has 1 aromatic carbocycles. The lowest BCUT2D eigenvalue weighted by atomic mass is 10.0. The summed E-state index contributed by atoms with van der Waals surface area (Å²) < 4.78 is 1.11. The van der Waals surface area contributed by atoms with Crippen LogP contribution in [0.25, 0.3) is 0 Å². The summed E-state index contributed by atoms with van der Waals surface area (Å²) in [7, 11) is 0. The molecule has 0 saturated carbocycles. The van der Waals surface area contributed by atoms with E-state index in [4.69, 9.17) is 5.73 Å². The highest BCUT2D eigenvalue weighted by Gasteiger charge is 2.09. The average molecular weight is 325 g/mol. The summed E-state index contributed by atoms with van der Waals surface area (Å²) in [6, 6.07) is 10.8. The SMILES string of the molecule is CCC(NCc1sccc1N)c1ccc(Br)cc1. The number of halogens is 1. The average Bonchev–Trinajstić information content (AvgIpc) is 2.78. The molecular formula is C14H17BrN2S. The summed E-state index contributed by atoms with van der Waals surface area (Å²) in [6.45, 7) is 3.02. The maximum atomic E-state index is 5.89. The van der Waals surface area contributed by atoms with Crippen LogP contribution in [-0.4, -0.2) is 0 Å². The first-order valence-electron chi connectivity index (χ1n) is 6.01. The second kappa shape index (κ2) is 6.36. The van der Waals surface area contributed by atoms with Crippen LogP contribution in [0.15, 0.2) is 40.2 Å². The molecule has 0 fully saturated rings. The number of rotatable bonds is 5. The molecule has 0 aliphatic carbocycles. The van der Waals surface area contributed by atoms with Crippen molar-refractivity contribution in [3.63, 3.8) is 0 Å². The van der Waals surface area contributed by atoms with Crippen molar-refractivity contribution in [2.24, 2.45) is 0 Å². The molecule has 3 N–H and O–H groups in total. The van der Waals surface area contributed by atoms with Crippen LogP contribution in [0.4, 0.5) is 5.69 Å². The smallest absolute Gasteiger partial charge is 0.0468 e. The van der Waals surface area contributed by atoms with Gasteiger partial charge in [-0.2, -0.15) is 0 Å². The number of anilines is 1. The second-order valence-corrected chi connectivity index (χ2v) is 6.11. The van der Waals surface area contributed by atoms with E-state index in [2.05, 4.69) is 52.4 Å². The van der Waals surface area contributed by atoms with E-state index in [0.29, 0.717) is 6.04 Å². The molecule has 0 radical (unpaired) electrons. The predicted molar refractivity (Wildman–Crippen MR) is 82.7 cm³/mol. The monoisotopic (exact) mass is 324 g/mol. The Bertz CT molecular complexity index is 493. The van der Waals surface area contributed by atoms with E-state index in [9.17, 15) is 0 Å². The van der Waals surface area contributed by atoms with Gasteiger partial charge < -0.3 is 11.1 Å². The molecule has 0 bridgehead atoms. The molecule has 18 heavy (non-hydrogen) atoms. The minimum atomic E-state index is 0.375. The van der Waals surface area contributed by atoms with Gasteiger partial charge in [0, 0.05) is 27.6 Å². The Hall–Kier alpha value is -0.840. The fourth-order valence-corrected chi connectivity index (χ4v) is 2.92. The van der Waals surface area contributed by atoms with E-state index in [1.165, 1.54) is 10.4 Å². The van der Waals surface area contributed by atoms with Crippen LogP contribution < -0.4 is 11.1 Å². The van der Waals surface area contributed by atoms with Crippen LogP contribution in [0.2, 0.25) is 0 Å². The molecule has 1 heterocycles. The van der Waals surface area contributed by atoms with Gasteiger partial charge in [0.25, 0.3) is 0 Å². The lowest BCUT2D eigenvalue weighted by Gasteiger charge is -2.17. The van der Waals surface area contributed by atoms with Crippen LogP contribution in [0.5, 0.6) is 0 Å². The molecule has 96 valence electrons. The van der Waals surface area contributed by atoms with Gasteiger partial charge >= 0.3 is 0 Å². The zero-order chi connectivity index (χ0) is 13.0. The largest absolute Gasteiger partial charge is 0.398 e. The number of thiophene rings is 1. The Labute approximate surface area is 120 Å². The molecule has 4 heteroatoms. The number of benzene rings is 1. The summed E-state index contributed by atoms with van der Waals surface area (Å²) >= 11 is 5.17. The molecule has 0 aliphatic rings. The quantitative estimate of drug-likeness (QED) is 0.858. The van der Waals surface area contributed by atoms with E-state index >= 15 is 0 Å². The minimum absolute atomic E-state index is 0.375. The zero-order valence-corrected chi connectivity index (χ0v) is 12.7. The van der Waals surface area contributed by atoms with Crippen LogP contribution in [0.3, 0.4) is 0 Å². The van der Waals surface area contributed by atoms with Gasteiger partial charge in [-0.15, -0.1) is 11.3 Å². The third-order valence-corrected chi connectivity index (χ3v) is 4.43. The maximum absolute atomic E-state index is 5.89. The first-order valence-corrected chi connectivity index (χ1v) is 7.68. The predicted octanol–water partition coefficient (Wildman–Crippen LogP) is 4.33. The Morgan fingerprint density at radius 3 is 2.56 bits per heavy atom. The topological polar surface area (TPSA) is 38.0 Å². The van der Waals surface area contributed by atoms with Gasteiger partial charge in [-0.05, 0) is 35.6 Å². The van der Waals surface area contributed by atoms with Gasteiger partial charge in [0.05, 0.1) is 0 Å². The molecule has 2 nitrogen and oxygen atoms in total. The van der Waals surface area contributed by atoms with Gasteiger partial charge in [-0.25, -0.2) is 0 Å². The normalized spacial score (nSPS) is 12.6. The van der Waals surface area contributed by atoms with E-state index in [1.807, 2.05) is 11.4 Å². The van der Waals surface area contributed by atoms with Crippen molar-refractivity contribution in [2.75, 3.05) is 5.73 Å². The van der Waals surface area contributed by atoms with Crippen molar-refractivity contribution in [1.29, 1.82) is 0 Å². The molecule has 0 saturated heterocycles. The van der Waals surface area contributed by atoms with Gasteiger partial charge in [-0.1, -0.05) is 35.0 Å². The standard InChI is InChI=1S/C14H17BrN2S/c1-2-13(10-3-5-11(15)6-4-10)17-9-14-12(16)7-8-18-14/h3-8,13,17H,2,9,16H2,1H3. The highest BCUT2D eigenvalue weighted by atomic mass is 79.9. The van der Waals surface area contributed by atoms with Crippen molar-refractivity contribution in [3.8, 4) is 0 Å². The zero-order valence-electron chi connectivity index (χ0n) is 10.3. The van der Waals surface area contributed by atoms with Gasteiger partial charge in [-0.3, -0.25) is 0 Å². The summed E-state index contributed by atoms with van der Waals surface area (Å²) in [5.41, 5.74) is 8.09. The van der Waals surface area contributed by atoms with Crippen molar-refractivity contribution < 1.29 is 0 Å².